The second kappa shape index (κ2) is 9.63. The average Bonchev–Trinajstić information content (AvgIpc) is 2.57. The van der Waals surface area contributed by atoms with E-state index in [1.807, 2.05) is 62.4 Å². The average molecular weight is 421 g/mol. The van der Waals surface area contributed by atoms with Gasteiger partial charge in [-0.25, -0.2) is 0 Å². The number of nitrogens with one attached hydrogen (secondary N) is 2. The van der Waals surface area contributed by atoms with Crippen molar-refractivity contribution < 1.29 is 9.59 Å². The highest BCUT2D eigenvalue weighted by molar-refractivity contribution is 9.10. The first kappa shape index (κ1) is 19.5. The molecule has 0 aliphatic carbocycles. The Morgan fingerprint density at radius 3 is 2.60 bits per heavy atom. The van der Waals surface area contributed by atoms with Crippen LogP contribution in [0.3, 0.4) is 0 Å². The van der Waals surface area contributed by atoms with Crippen LogP contribution in [0.5, 0.6) is 0 Å². The zero-order valence-corrected chi connectivity index (χ0v) is 16.6. The summed E-state index contributed by atoms with van der Waals surface area (Å²) in [6.45, 7) is 3.83. The number of hydrogen-bond acceptors (Lipinski definition) is 3. The van der Waals surface area contributed by atoms with E-state index in [4.69, 9.17) is 0 Å². The zero-order valence-electron chi connectivity index (χ0n) is 14.2. The maximum Gasteiger partial charge on any atom is 0.237 e. The largest absolute Gasteiger partial charge is 0.326 e. The molecule has 0 aliphatic rings. The number of rotatable bonds is 7. The number of halogens is 1. The lowest BCUT2D eigenvalue weighted by molar-refractivity contribution is -0.116. The Hall–Kier alpha value is -1.79. The summed E-state index contributed by atoms with van der Waals surface area (Å²) in [5.41, 5.74) is 1.50. The Bertz CT molecular complexity index is 752. The minimum Gasteiger partial charge on any atom is -0.326 e. The predicted molar refractivity (Wildman–Crippen MR) is 108 cm³/mol. The highest BCUT2D eigenvalue weighted by atomic mass is 79.9. The fourth-order valence-electron chi connectivity index (χ4n) is 2.15. The summed E-state index contributed by atoms with van der Waals surface area (Å²) in [6, 6.07) is 15.1. The van der Waals surface area contributed by atoms with E-state index in [0.717, 1.165) is 27.2 Å². The lowest BCUT2D eigenvalue weighted by Gasteiger charge is -2.14. The standard InChI is InChI=1S/C19H21BrN2O2S/c1-3-7-18(23)21-14-8-6-9-15(12-14)25-13(2)19(24)22-17-11-5-4-10-16(17)20/h4-6,8-13H,3,7H2,1-2H3,(H,21,23)(H,22,24). The van der Waals surface area contributed by atoms with Gasteiger partial charge in [0.2, 0.25) is 11.8 Å². The highest BCUT2D eigenvalue weighted by Gasteiger charge is 2.16. The van der Waals surface area contributed by atoms with E-state index in [2.05, 4.69) is 26.6 Å². The molecule has 2 amide bonds. The molecule has 2 aromatic carbocycles. The Kier molecular flexibility index (Phi) is 7.52. The van der Waals surface area contributed by atoms with Gasteiger partial charge in [-0.15, -0.1) is 11.8 Å². The van der Waals surface area contributed by atoms with Gasteiger partial charge in [-0.2, -0.15) is 0 Å². The van der Waals surface area contributed by atoms with Crippen LogP contribution in [0.4, 0.5) is 11.4 Å². The maximum atomic E-state index is 12.4. The van der Waals surface area contributed by atoms with Crippen molar-refractivity contribution >= 4 is 50.9 Å². The maximum absolute atomic E-state index is 12.4. The molecule has 0 heterocycles. The molecule has 4 nitrogen and oxygen atoms in total. The Morgan fingerprint density at radius 1 is 1.12 bits per heavy atom. The Labute approximate surface area is 160 Å². The van der Waals surface area contributed by atoms with E-state index in [-0.39, 0.29) is 17.1 Å². The Morgan fingerprint density at radius 2 is 1.88 bits per heavy atom. The lowest BCUT2D eigenvalue weighted by Crippen LogP contribution is -2.22. The molecule has 1 unspecified atom stereocenters. The fourth-order valence-corrected chi connectivity index (χ4v) is 3.46. The second-order valence-corrected chi connectivity index (χ2v) is 7.82. The molecule has 1 atom stereocenters. The number of hydrogen-bond donors (Lipinski definition) is 2. The van der Waals surface area contributed by atoms with Gasteiger partial charge in [0.1, 0.15) is 0 Å². The third-order valence-electron chi connectivity index (χ3n) is 3.41. The van der Waals surface area contributed by atoms with Gasteiger partial charge in [-0.05, 0) is 59.6 Å². The normalized spacial score (nSPS) is 11.6. The summed E-state index contributed by atoms with van der Waals surface area (Å²) in [5, 5.41) is 5.52. The molecule has 0 radical (unpaired) electrons. The van der Waals surface area contributed by atoms with Crippen LogP contribution >= 0.6 is 27.7 Å². The van der Waals surface area contributed by atoms with Crippen LogP contribution in [0.2, 0.25) is 0 Å². The summed E-state index contributed by atoms with van der Waals surface area (Å²) in [7, 11) is 0. The van der Waals surface area contributed by atoms with E-state index in [0.29, 0.717) is 6.42 Å². The molecule has 0 saturated carbocycles. The van der Waals surface area contributed by atoms with Crippen LogP contribution in [-0.4, -0.2) is 17.1 Å². The fraction of sp³-hybridized carbons (Fsp3) is 0.263. The molecule has 0 fully saturated rings. The van der Waals surface area contributed by atoms with Crippen LogP contribution in [0, 0.1) is 0 Å². The first-order valence-electron chi connectivity index (χ1n) is 8.11. The van der Waals surface area contributed by atoms with E-state index in [1.54, 1.807) is 0 Å². The van der Waals surface area contributed by atoms with Crippen molar-refractivity contribution in [3.63, 3.8) is 0 Å². The summed E-state index contributed by atoms with van der Waals surface area (Å²) < 4.78 is 0.848. The number of thioether (sulfide) groups is 1. The molecular formula is C19H21BrN2O2S. The molecule has 132 valence electrons. The number of carbonyl (C=O) groups is 2. The van der Waals surface area contributed by atoms with E-state index >= 15 is 0 Å². The van der Waals surface area contributed by atoms with Gasteiger partial charge in [-0.1, -0.05) is 25.1 Å². The third-order valence-corrected chi connectivity index (χ3v) is 5.19. The first-order chi connectivity index (χ1) is 12.0. The minimum atomic E-state index is -0.270. The van der Waals surface area contributed by atoms with Gasteiger partial charge in [0.15, 0.2) is 0 Å². The molecule has 0 saturated heterocycles. The van der Waals surface area contributed by atoms with E-state index in [9.17, 15) is 9.59 Å². The van der Waals surface area contributed by atoms with Crippen molar-refractivity contribution in [3.05, 3.63) is 53.0 Å². The highest BCUT2D eigenvalue weighted by Crippen LogP contribution is 2.28. The van der Waals surface area contributed by atoms with Crippen molar-refractivity contribution in [2.75, 3.05) is 10.6 Å². The third kappa shape index (κ3) is 6.21. The Balaban J connectivity index is 1.97. The minimum absolute atomic E-state index is 0.00405. The summed E-state index contributed by atoms with van der Waals surface area (Å²) in [5.74, 6) is -0.0679. The van der Waals surface area contributed by atoms with Crippen LogP contribution in [-0.2, 0) is 9.59 Å². The summed E-state index contributed by atoms with van der Waals surface area (Å²) in [6.07, 6.45) is 1.31. The molecule has 6 heteroatoms. The lowest BCUT2D eigenvalue weighted by atomic mass is 10.3. The van der Waals surface area contributed by atoms with Gasteiger partial charge in [0.05, 0.1) is 10.9 Å². The van der Waals surface area contributed by atoms with Gasteiger partial charge in [0.25, 0.3) is 0 Å². The molecule has 0 spiro atoms. The quantitative estimate of drug-likeness (QED) is 0.596. The van der Waals surface area contributed by atoms with Crippen LogP contribution < -0.4 is 10.6 Å². The smallest absolute Gasteiger partial charge is 0.237 e. The van der Waals surface area contributed by atoms with Crippen molar-refractivity contribution in [2.24, 2.45) is 0 Å². The van der Waals surface area contributed by atoms with Crippen molar-refractivity contribution in [1.29, 1.82) is 0 Å². The topological polar surface area (TPSA) is 58.2 Å². The molecule has 2 rings (SSSR count). The SMILES string of the molecule is CCCC(=O)Nc1cccc(SC(C)C(=O)Nc2ccccc2Br)c1. The molecule has 0 aromatic heterocycles. The monoisotopic (exact) mass is 420 g/mol. The molecule has 0 bridgehead atoms. The van der Waals surface area contributed by atoms with E-state index < -0.39 is 0 Å². The van der Waals surface area contributed by atoms with Gasteiger partial charge < -0.3 is 10.6 Å². The summed E-state index contributed by atoms with van der Waals surface area (Å²) >= 11 is 4.88. The van der Waals surface area contributed by atoms with Crippen molar-refractivity contribution in [2.45, 2.75) is 36.8 Å². The predicted octanol–water partition coefficient (Wildman–Crippen LogP) is 5.31. The number of para-hydroxylation sites is 1. The molecule has 25 heavy (non-hydrogen) atoms. The molecule has 2 N–H and O–H groups in total. The van der Waals surface area contributed by atoms with Gasteiger partial charge in [-0.3, -0.25) is 9.59 Å². The van der Waals surface area contributed by atoms with E-state index in [1.165, 1.54) is 11.8 Å². The molecule has 2 aromatic rings. The van der Waals surface area contributed by atoms with Crippen molar-refractivity contribution in [1.82, 2.24) is 0 Å². The molecular weight excluding hydrogens is 400 g/mol. The first-order valence-corrected chi connectivity index (χ1v) is 9.79. The number of benzene rings is 2. The van der Waals surface area contributed by atoms with Crippen LogP contribution in [0.15, 0.2) is 57.9 Å². The van der Waals surface area contributed by atoms with Crippen LogP contribution in [0.1, 0.15) is 26.7 Å². The van der Waals surface area contributed by atoms with Crippen molar-refractivity contribution in [3.8, 4) is 0 Å². The molecule has 0 aliphatic heterocycles. The number of amides is 2. The van der Waals surface area contributed by atoms with Gasteiger partial charge >= 0.3 is 0 Å². The van der Waals surface area contributed by atoms with Crippen LogP contribution in [0.25, 0.3) is 0 Å². The summed E-state index contributed by atoms with van der Waals surface area (Å²) in [4.78, 5) is 25.0. The second-order valence-electron chi connectivity index (χ2n) is 5.56. The zero-order chi connectivity index (χ0) is 18.2. The van der Waals surface area contributed by atoms with Gasteiger partial charge in [0, 0.05) is 21.5 Å². The number of carbonyl (C=O) groups excluding carboxylic acids is 2. The number of anilines is 2.